The minimum atomic E-state index is 0.315. The molecule has 3 rings (SSSR count). The van der Waals surface area contributed by atoms with E-state index in [1.165, 1.54) is 0 Å². The molecule has 0 amide bonds. The van der Waals surface area contributed by atoms with Crippen LogP contribution in [0, 0.1) is 0 Å². The van der Waals surface area contributed by atoms with E-state index in [2.05, 4.69) is 15.3 Å². The second kappa shape index (κ2) is 5.82. The molecule has 0 radical (unpaired) electrons. The van der Waals surface area contributed by atoms with E-state index in [-0.39, 0.29) is 0 Å². The molecular weight excluding hydrogens is 250 g/mol. The Balaban J connectivity index is 1.66. The van der Waals surface area contributed by atoms with Gasteiger partial charge in [-0.05, 0) is 18.4 Å². The van der Waals surface area contributed by atoms with Gasteiger partial charge in [0.05, 0.1) is 0 Å². The first-order valence-corrected chi connectivity index (χ1v) is 6.97. The Hall–Kier alpha value is -2.23. The summed E-state index contributed by atoms with van der Waals surface area (Å²) in [7, 11) is 0. The molecule has 1 aliphatic carbocycles. The number of hydrogen-bond donors (Lipinski definition) is 1. The molecule has 0 aliphatic heterocycles. The highest BCUT2D eigenvalue weighted by Gasteiger charge is 2.18. The van der Waals surface area contributed by atoms with Crippen molar-refractivity contribution in [2.45, 2.75) is 31.7 Å². The summed E-state index contributed by atoms with van der Waals surface area (Å²) in [6.45, 7) is 0. The lowest BCUT2D eigenvalue weighted by atomic mass is 9.94. The summed E-state index contributed by atoms with van der Waals surface area (Å²) in [6.07, 6.45) is 6.75. The van der Waals surface area contributed by atoms with Gasteiger partial charge in [-0.15, -0.1) is 0 Å². The summed E-state index contributed by atoms with van der Waals surface area (Å²) >= 11 is 0. The molecule has 2 aromatic rings. The zero-order valence-corrected chi connectivity index (χ0v) is 11.2. The van der Waals surface area contributed by atoms with Gasteiger partial charge in [0.25, 0.3) is 0 Å². The van der Waals surface area contributed by atoms with Gasteiger partial charge in [-0.25, -0.2) is 9.97 Å². The molecular formula is C16H17N3O. The van der Waals surface area contributed by atoms with Crippen LogP contribution in [0.15, 0.2) is 42.7 Å². The van der Waals surface area contributed by atoms with E-state index in [9.17, 15) is 4.79 Å². The fraction of sp³-hybridized carbons (Fsp3) is 0.312. The summed E-state index contributed by atoms with van der Waals surface area (Å²) in [6, 6.07) is 10.4. The van der Waals surface area contributed by atoms with Crippen LogP contribution in [0.25, 0.3) is 11.1 Å². The number of benzene rings is 1. The van der Waals surface area contributed by atoms with Crippen LogP contribution >= 0.6 is 0 Å². The van der Waals surface area contributed by atoms with E-state index in [0.717, 1.165) is 24.0 Å². The third kappa shape index (κ3) is 3.02. The van der Waals surface area contributed by atoms with Crippen molar-refractivity contribution in [3.63, 3.8) is 0 Å². The third-order valence-corrected chi connectivity index (χ3v) is 3.64. The number of nitrogens with one attached hydrogen (secondary N) is 1. The Kier molecular flexibility index (Phi) is 3.72. The monoisotopic (exact) mass is 267 g/mol. The Morgan fingerprint density at radius 2 is 1.60 bits per heavy atom. The van der Waals surface area contributed by atoms with Crippen molar-refractivity contribution in [1.82, 2.24) is 9.97 Å². The van der Waals surface area contributed by atoms with Crippen molar-refractivity contribution in [3.8, 4) is 11.1 Å². The first-order chi connectivity index (χ1) is 9.81. The zero-order valence-electron chi connectivity index (χ0n) is 11.2. The molecule has 4 nitrogen and oxygen atoms in total. The van der Waals surface area contributed by atoms with Crippen molar-refractivity contribution in [1.29, 1.82) is 0 Å². The predicted molar refractivity (Wildman–Crippen MR) is 78.4 cm³/mol. The maximum atomic E-state index is 11.2. The Labute approximate surface area is 118 Å². The van der Waals surface area contributed by atoms with Gasteiger partial charge in [-0.1, -0.05) is 30.3 Å². The van der Waals surface area contributed by atoms with Crippen LogP contribution in [0.1, 0.15) is 25.7 Å². The summed E-state index contributed by atoms with van der Waals surface area (Å²) in [5, 5.41) is 3.31. The highest BCUT2D eigenvalue weighted by molar-refractivity contribution is 5.79. The second-order valence-corrected chi connectivity index (χ2v) is 5.12. The number of rotatable bonds is 3. The number of anilines is 1. The largest absolute Gasteiger partial charge is 0.351 e. The highest BCUT2D eigenvalue weighted by Crippen LogP contribution is 2.20. The van der Waals surface area contributed by atoms with Crippen LogP contribution in [-0.2, 0) is 4.79 Å². The average molecular weight is 267 g/mol. The van der Waals surface area contributed by atoms with Crippen LogP contribution in [0.3, 0.4) is 0 Å². The van der Waals surface area contributed by atoms with Crippen molar-refractivity contribution in [2.75, 3.05) is 5.32 Å². The maximum Gasteiger partial charge on any atom is 0.222 e. The summed E-state index contributed by atoms with van der Waals surface area (Å²) in [5.41, 5.74) is 2.12. The number of carbonyl (C=O) groups excluding carboxylic acids is 1. The lowest BCUT2D eigenvalue weighted by Gasteiger charge is -2.21. The van der Waals surface area contributed by atoms with Crippen LogP contribution in [0.4, 0.5) is 5.95 Å². The van der Waals surface area contributed by atoms with E-state index >= 15 is 0 Å². The normalized spacial score (nSPS) is 16.1. The molecule has 102 valence electrons. The Morgan fingerprint density at radius 1 is 0.950 bits per heavy atom. The molecule has 1 aliphatic rings. The Morgan fingerprint density at radius 3 is 2.25 bits per heavy atom. The van der Waals surface area contributed by atoms with E-state index in [1.807, 2.05) is 42.7 Å². The van der Waals surface area contributed by atoms with E-state index in [0.29, 0.717) is 30.6 Å². The molecule has 4 heteroatoms. The van der Waals surface area contributed by atoms with Gasteiger partial charge >= 0.3 is 0 Å². The van der Waals surface area contributed by atoms with Gasteiger partial charge < -0.3 is 5.32 Å². The van der Waals surface area contributed by atoms with Crippen LogP contribution < -0.4 is 5.32 Å². The minimum Gasteiger partial charge on any atom is -0.351 e. The Bertz CT molecular complexity index is 570. The number of Topliss-reactive ketones (excluding diaryl/α,β-unsaturated/α-hetero) is 1. The lowest BCUT2D eigenvalue weighted by Crippen LogP contribution is -2.26. The minimum absolute atomic E-state index is 0.315. The predicted octanol–water partition coefficient (Wildman–Crippen LogP) is 3.07. The van der Waals surface area contributed by atoms with Crippen LogP contribution in [0.2, 0.25) is 0 Å². The van der Waals surface area contributed by atoms with E-state index in [1.54, 1.807) is 0 Å². The van der Waals surface area contributed by atoms with Crippen molar-refractivity contribution < 1.29 is 4.79 Å². The summed E-state index contributed by atoms with van der Waals surface area (Å²) < 4.78 is 0. The lowest BCUT2D eigenvalue weighted by molar-refractivity contribution is -0.120. The standard InChI is InChI=1S/C16H17N3O/c20-15-8-6-14(7-9-15)19-16-17-10-13(11-18-16)12-4-2-1-3-5-12/h1-5,10-11,14H,6-9H2,(H,17,18,19). The van der Waals surface area contributed by atoms with Gasteiger partial charge in [0.1, 0.15) is 5.78 Å². The third-order valence-electron chi connectivity index (χ3n) is 3.64. The van der Waals surface area contributed by atoms with Gasteiger partial charge in [0, 0.05) is 36.8 Å². The van der Waals surface area contributed by atoms with Crippen LogP contribution in [0.5, 0.6) is 0 Å². The molecule has 0 saturated heterocycles. The smallest absolute Gasteiger partial charge is 0.222 e. The van der Waals surface area contributed by atoms with Crippen molar-refractivity contribution in [2.24, 2.45) is 0 Å². The highest BCUT2D eigenvalue weighted by atomic mass is 16.1. The van der Waals surface area contributed by atoms with Gasteiger partial charge in [0.2, 0.25) is 5.95 Å². The number of hydrogen-bond acceptors (Lipinski definition) is 4. The van der Waals surface area contributed by atoms with Gasteiger partial charge in [-0.3, -0.25) is 4.79 Å². The molecule has 0 bridgehead atoms. The molecule has 1 aromatic carbocycles. The average Bonchev–Trinajstić information content (AvgIpc) is 2.51. The molecule has 0 atom stereocenters. The quantitative estimate of drug-likeness (QED) is 0.928. The van der Waals surface area contributed by atoms with Crippen molar-refractivity contribution >= 4 is 11.7 Å². The zero-order chi connectivity index (χ0) is 13.8. The fourth-order valence-electron chi connectivity index (χ4n) is 2.45. The molecule has 1 heterocycles. The number of aromatic nitrogens is 2. The molecule has 20 heavy (non-hydrogen) atoms. The number of ketones is 1. The molecule has 1 N–H and O–H groups in total. The molecule has 1 saturated carbocycles. The molecule has 1 fully saturated rings. The molecule has 1 aromatic heterocycles. The number of carbonyl (C=O) groups is 1. The summed E-state index contributed by atoms with van der Waals surface area (Å²) in [4.78, 5) is 19.9. The molecule has 0 spiro atoms. The molecule has 0 unspecified atom stereocenters. The summed E-state index contributed by atoms with van der Waals surface area (Å²) in [5.74, 6) is 1.01. The fourth-order valence-corrected chi connectivity index (χ4v) is 2.45. The SMILES string of the molecule is O=C1CCC(Nc2ncc(-c3ccccc3)cn2)CC1. The van der Waals surface area contributed by atoms with E-state index in [4.69, 9.17) is 0 Å². The second-order valence-electron chi connectivity index (χ2n) is 5.12. The first-order valence-electron chi connectivity index (χ1n) is 6.97. The van der Waals surface area contributed by atoms with Crippen molar-refractivity contribution in [3.05, 3.63) is 42.7 Å². The number of nitrogens with zero attached hydrogens (tertiary/aromatic N) is 2. The van der Waals surface area contributed by atoms with Gasteiger partial charge in [0.15, 0.2) is 0 Å². The van der Waals surface area contributed by atoms with Gasteiger partial charge in [-0.2, -0.15) is 0 Å². The topological polar surface area (TPSA) is 54.9 Å². The maximum absolute atomic E-state index is 11.2. The van der Waals surface area contributed by atoms with E-state index < -0.39 is 0 Å². The van der Waals surface area contributed by atoms with Crippen LogP contribution in [-0.4, -0.2) is 21.8 Å². The first kappa shape index (κ1) is 12.8.